The van der Waals surface area contributed by atoms with E-state index in [0.29, 0.717) is 0 Å². The molecule has 0 amide bonds. The van der Waals surface area contributed by atoms with E-state index in [-0.39, 0.29) is 11.2 Å². The minimum absolute atomic E-state index is 0.223. The Morgan fingerprint density at radius 1 is 1.20 bits per heavy atom. The zero-order valence-corrected chi connectivity index (χ0v) is 13.6. The molecule has 112 valence electrons. The van der Waals surface area contributed by atoms with Crippen molar-refractivity contribution in [2.75, 3.05) is 18.0 Å². The minimum atomic E-state index is -0.257. The van der Waals surface area contributed by atoms with Crippen LogP contribution in [-0.4, -0.2) is 23.9 Å². The molecule has 1 aromatic heterocycles. The van der Waals surface area contributed by atoms with Crippen LogP contribution in [0.2, 0.25) is 0 Å². The van der Waals surface area contributed by atoms with Crippen LogP contribution in [0.1, 0.15) is 64.2 Å². The molecule has 3 heteroatoms. The van der Waals surface area contributed by atoms with Crippen molar-refractivity contribution in [2.45, 2.75) is 53.9 Å². The van der Waals surface area contributed by atoms with Gasteiger partial charge in [-0.3, -0.25) is 4.79 Å². The molecule has 1 unspecified atom stereocenters. The van der Waals surface area contributed by atoms with Crippen LogP contribution in [0.5, 0.6) is 0 Å². The lowest BCUT2D eigenvalue weighted by Crippen LogP contribution is -2.27. The van der Waals surface area contributed by atoms with Gasteiger partial charge in [0, 0.05) is 30.3 Å². The van der Waals surface area contributed by atoms with Crippen LogP contribution in [0.15, 0.2) is 18.3 Å². The Balaban J connectivity index is 2.95. The van der Waals surface area contributed by atoms with Crippen LogP contribution in [0.3, 0.4) is 0 Å². The third-order valence-corrected chi connectivity index (χ3v) is 4.23. The number of anilines is 1. The molecule has 0 aliphatic heterocycles. The highest BCUT2D eigenvalue weighted by Crippen LogP contribution is 2.31. The summed E-state index contributed by atoms with van der Waals surface area (Å²) in [5, 5.41) is 0. The fourth-order valence-electron chi connectivity index (χ4n) is 2.61. The third-order valence-electron chi connectivity index (χ3n) is 4.23. The van der Waals surface area contributed by atoms with Crippen molar-refractivity contribution in [1.29, 1.82) is 0 Å². The van der Waals surface area contributed by atoms with Gasteiger partial charge in [0.15, 0.2) is 5.78 Å². The van der Waals surface area contributed by atoms with E-state index in [0.717, 1.165) is 43.7 Å². The van der Waals surface area contributed by atoms with Crippen LogP contribution in [0, 0.1) is 5.41 Å². The molecule has 0 saturated heterocycles. The molecule has 0 spiro atoms. The predicted molar refractivity (Wildman–Crippen MR) is 85.4 cm³/mol. The zero-order chi connectivity index (χ0) is 15.2. The van der Waals surface area contributed by atoms with Gasteiger partial charge in [-0.25, -0.2) is 4.98 Å². The van der Waals surface area contributed by atoms with E-state index < -0.39 is 0 Å². The molecule has 1 heterocycles. The largest absolute Gasteiger partial charge is 0.357 e. The van der Waals surface area contributed by atoms with Crippen LogP contribution >= 0.6 is 0 Å². The number of hydrogen-bond donors (Lipinski definition) is 0. The van der Waals surface area contributed by atoms with Crippen molar-refractivity contribution in [1.82, 2.24) is 4.98 Å². The van der Waals surface area contributed by atoms with Gasteiger partial charge in [0.2, 0.25) is 0 Å². The maximum absolute atomic E-state index is 12.7. The number of carbonyl (C=O) groups excluding carboxylic acids is 1. The van der Waals surface area contributed by atoms with Crippen molar-refractivity contribution in [3.63, 3.8) is 0 Å². The zero-order valence-electron chi connectivity index (χ0n) is 13.6. The summed E-state index contributed by atoms with van der Waals surface area (Å²) < 4.78 is 0. The smallest absolute Gasteiger partial charge is 0.170 e. The van der Waals surface area contributed by atoms with E-state index in [2.05, 4.69) is 44.5 Å². The van der Waals surface area contributed by atoms with Gasteiger partial charge in [-0.05, 0) is 38.8 Å². The van der Waals surface area contributed by atoms with E-state index in [4.69, 9.17) is 0 Å². The number of nitrogens with zero attached hydrogens (tertiary/aromatic N) is 2. The number of aromatic nitrogens is 1. The van der Waals surface area contributed by atoms with Gasteiger partial charge in [-0.2, -0.15) is 0 Å². The van der Waals surface area contributed by atoms with Crippen LogP contribution < -0.4 is 4.90 Å². The maximum Gasteiger partial charge on any atom is 0.170 e. The Bertz CT molecular complexity index is 423. The molecule has 0 bridgehead atoms. The number of carbonyl (C=O) groups is 1. The highest BCUT2D eigenvalue weighted by atomic mass is 16.1. The van der Waals surface area contributed by atoms with E-state index in [1.54, 1.807) is 6.20 Å². The summed E-state index contributed by atoms with van der Waals surface area (Å²) in [5.41, 5.74) is 0.478. The number of rotatable bonds is 8. The molecule has 0 radical (unpaired) electrons. The topological polar surface area (TPSA) is 33.2 Å². The molecular formula is C17H28N2O. The lowest BCUT2D eigenvalue weighted by atomic mass is 9.77. The van der Waals surface area contributed by atoms with Gasteiger partial charge in [0.1, 0.15) is 5.82 Å². The fourth-order valence-corrected chi connectivity index (χ4v) is 2.61. The normalized spacial score (nSPS) is 13.8. The Morgan fingerprint density at radius 3 is 2.25 bits per heavy atom. The number of ketones is 1. The Labute approximate surface area is 123 Å². The Morgan fingerprint density at radius 2 is 1.85 bits per heavy atom. The molecule has 1 atom stereocenters. The lowest BCUT2D eigenvalue weighted by Gasteiger charge is -2.26. The van der Waals surface area contributed by atoms with Gasteiger partial charge in [0.05, 0.1) is 0 Å². The summed E-state index contributed by atoms with van der Waals surface area (Å²) in [6.07, 6.45) is 4.57. The molecule has 0 fully saturated rings. The Hall–Kier alpha value is -1.38. The van der Waals surface area contributed by atoms with Gasteiger partial charge >= 0.3 is 0 Å². The molecule has 0 aliphatic carbocycles. The second-order valence-corrected chi connectivity index (χ2v) is 5.57. The molecule has 1 rings (SSSR count). The quantitative estimate of drug-likeness (QED) is 0.663. The van der Waals surface area contributed by atoms with E-state index in [1.807, 2.05) is 12.1 Å². The molecule has 20 heavy (non-hydrogen) atoms. The van der Waals surface area contributed by atoms with Gasteiger partial charge in [-0.15, -0.1) is 0 Å². The number of Topliss-reactive ketones (excluding diaryl/α,β-unsaturated/α-hetero) is 1. The molecule has 3 nitrogen and oxygen atoms in total. The summed E-state index contributed by atoms with van der Waals surface area (Å²) in [6, 6.07) is 3.88. The molecule has 1 aromatic rings. The maximum atomic E-state index is 12.7. The second-order valence-electron chi connectivity index (χ2n) is 5.57. The standard InChI is InChI=1S/C17H28N2O/c1-6-12-17(5,7-2)16(20)14-10-11-15(18-13-14)19(8-3)9-4/h10-11,13H,6-9,12H2,1-5H3. The first-order valence-corrected chi connectivity index (χ1v) is 7.78. The summed E-state index contributed by atoms with van der Waals surface area (Å²) in [7, 11) is 0. The first-order chi connectivity index (χ1) is 9.52. The van der Waals surface area contributed by atoms with E-state index in [9.17, 15) is 4.79 Å². The van der Waals surface area contributed by atoms with E-state index in [1.165, 1.54) is 0 Å². The van der Waals surface area contributed by atoms with Crippen molar-refractivity contribution >= 4 is 11.6 Å². The van der Waals surface area contributed by atoms with Crippen LogP contribution in [-0.2, 0) is 0 Å². The first-order valence-electron chi connectivity index (χ1n) is 7.78. The number of hydrogen-bond acceptors (Lipinski definition) is 3. The van der Waals surface area contributed by atoms with Crippen molar-refractivity contribution < 1.29 is 4.79 Å². The van der Waals surface area contributed by atoms with E-state index >= 15 is 0 Å². The summed E-state index contributed by atoms with van der Waals surface area (Å²) in [6.45, 7) is 12.4. The highest BCUT2D eigenvalue weighted by Gasteiger charge is 2.31. The molecule has 0 saturated carbocycles. The lowest BCUT2D eigenvalue weighted by molar-refractivity contribution is 0.0793. The molecule has 0 aliphatic rings. The van der Waals surface area contributed by atoms with Gasteiger partial charge in [0.25, 0.3) is 0 Å². The molecular weight excluding hydrogens is 248 g/mol. The summed E-state index contributed by atoms with van der Waals surface area (Å²) in [5.74, 6) is 1.17. The van der Waals surface area contributed by atoms with Gasteiger partial charge in [-0.1, -0.05) is 27.2 Å². The van der Waals surface area contributed by atoms with Crippen LogP contribution in [0.25, 0.3) is 0 Å². The molecule has 0 aromatic carbocycles. The van der Waals surface area contributed by atoms with Crippen molar-refractivity contribution in [3.05, 3.63) is 23.9 Å². The number of pyridine rings is 1. The monoisotopic (exact) mass is 276 g/mol. The highest BCUT2D eigenvalue weighted by molar-refractivity contribution is 6.00. The van der Waals surface area contributed by atoms with Crippen LogP contribution in [0.4, 0.5) is 5.82 Å². The van der Waals surface area contributed by atoms with Gasteiger partial charge < -0.3 is 4.90 Å². The Kier molecular flexibility index (Phi) is 6.18. The predicted octanol–water partition coefficient (Wildman–Crippen LogP) is 4.33. The average molecular weight is 276 g/mol. The van der Waals surface area contributed by atoms with Crippen molar-refractivity contribution in [2.24, 2.45) is 5.41 Å². The third kappa shape index (κ3) is 3.59. The summed E-state index contributed by atoms with van der Waals surface area (Å²) in [4.78, 5) is 19.3. The summed E-state index contributed by atoms with van der Waals surface area (Å²) >= 11 is 0. The average Bonchev–Trinajstić information content (AvgIpc) is 2.48. The minimum Gasteiger partial charge on any atom is -0.357 e. The first kappa shape index (κ1) is 16.7. The van der Waals surface area contributed by atoms with Crippen molar-refractivity contribution in [3.8, 4) is 0 Å². The molecule has 0 N–H and O–H groups in total. The fraction of sp³-hybridized carbons (Fsp3) is 0.647. The second kappa shape index (κ2) is 7.41. The SMILES string of the molecule is CCCC(C)(CC)C(=O)c1ccc(N(CC)CC)nc1.